The Kier molecular flexibility index (Phi) is 6.93. The van der Waals surface area contributed by atoms with E-state index in [1.165, 1.54) is 0 Å². The molecule has 30 heavy (non-hydrogen) atoms. The van der Waals surface area contributed by atoms with Gasteiger partial charge in [0.25, 0.3) is 0 Å². The van der Waals surface area contributed by atoms with Crippen LogP contribution in [0.25, 0.3) is 11.3 Å². The van der Waals surface area contributed by atoms with Gasteiger partial charge in [-0.25, -0.2) is 4.98 Å². The molecule has 1 unspecified atom stereocenters. The van der Waals surface area contributed by atoms with Crippen molar-refractivity contribution >= 4 is 5.91 Å². The summed E-state index contributed by atoms with van der Waals surface area (Å²) in [5, 5.41) is 0. The maximum atomic E-state index is 13.0. The lowest BCUT2D eigenvalue weighted by molar-refractivity contribution is -0.133. The predicted molar refractivity (Wildman–Crippen MR) is 116 cm³/mol. The fraction of sp³-hybridized carbons (Fsp3) is 0.360. The summed E-state index contributed by atoms with van der Waals surface area (Å²) in [6.45, 7) is 2.08. The third kappa shape index (κ3) is 5.57. The molecule has 2 aromatic carbocycles. The Bertz CT molecular complexity index is 918. The molecular formula is C25H28N2O3. The summed E-state index contributed by atoms with van der Waals surface area (Å²) in [5.74, 6) is 1.60. The zero-order valence-corrected chi connectivity index (χ0v) is 17.2. The first-order valence-electron chi connectivity index (χ1n) is 10.7. The molecule has 156 valence electrons. The average Bonchev–Trinajstić information content (AvgIpc) is 3.47. The van der Waals surface area contributed by atoms with Gasteiger partial charge in [0.05, 0.1) is 12.3 Å². The van der Waals surface area contributed by atoms with E-state index in [0.29, 0.717) is 38.2 Å². The van der Waals surface area contributed by atoms with Gasteiger partial charge in [-0.1, -0.05) is 60.7 Å². The molecule has 1 saturated heterocycles. The molecule has 3 aromatic rings. The van der Waals surface area contributed by atoms with Gasteiger partial charge in [0.15, 0.2) is 11.7 Å². The maximum Gasteiger partial charge on any atom is 0.222 e. The van der Waals surface area contributed by atoms with E-state index >= 15 is 0 Å². The lowest BCUT2D eigenvalue weighted by Gasteiger charge is -2.25. The highest BCUT2D eigenvalue weighted by atomic mass is 16.5. The molecule has 1 aliphatic heterocycles. The van der Waals surface area contributed by atoms with Gasteiger partial charge < -0.3 is 14.1 Å². The van der Waals surface area contributed by atoms with Gasteiger partial charge in [-0.2, -0.15) is 0 Å². The topological polar surface area (TPSA) is 55.6 Å². The molecule has 0 bridgehead atoms. The molecule has 0 aliphatic carbocycles. The minimum Gasteiger partial charge on any atom is -0.441 e. The monoisotopic (exact) mass is 404 g/mol. The van der Waals surface area contributed by atoms with Gasteiger partial charge in [0.2, 0.25) is 5.91 Å². The van der Waals surface area contributed by atoms with Crippen molar-refractivity contribution in [2.24, 2.45) is 0 Å². The summed E-state index contributed by atoms with van der Waals surface area (Å²) < 4.78 is 11.6. The lowest BCUT2D eigenvalue weighted by atomic mass is 10.1. The minimum absolute atomic E-state index is 0.151. The number of ether oxygens (including phenoxy) is 1. The smallest absolute Gasteiger partial charge is 0.222 e. The molecule has 1 amide bonds. The molecule has 1 aromatic heterocycles. The van der Waals surface area contributed by atoms with Crippen LogP contribution in [0.3, 0.4) is 0 Å². The van der Waals surface area contributed by atoms with Gasteiger partial charge in [0, 0.05) is 38.1 Å². The van der Waals surface area contributed by atoms with Gasteiger partial charge in [-0.3, -0.25) is 4.79 Å². The molecular weight excluding hydrogens is 376 g/mol. The maximum absolute atomic E-state index is 13.0. The van der Waals surface area contributed by atoms with Crippen LogP contribution in [0, 0.1) is 0 Å². The predicted octanol–water partition coefficient (Wildman–Crippen LogP) is 4.87. The zero-order valence-electron chi connectivity index (χ0n) is 17.2. The van der Waals surface area contributed by atoms with Crippen molar-refractivity contribution in [3.63, 3.8) is 0 Å². The van der Waals surface area contributed by atoms with E-state index < -0.39 is 0 Å². The number of carbonyl (C=O) groups excluding carboxylic acids is 1. The molecule has 2 heterocycles. The number of amides is 1. The van der Waals surface area contributed by atoms with Crippen molar-refractivity contribution in [3.05, 3.63) is 78.3 Å². The van der Waals surface area contributed by atoms with E-state index in [0.717, 1.165) is 36.3 Å². The van der Waals surface area contributed by atoms with E-state index in [-0.39, 0.29) is 12.0 Å². The Morgan fingerprint density at radius 2 is 1.83 bits per heavy atom. The highest BCUT2D eigenvalue weighted by Crippen LogP contribution is 2.21. The summed E-state index contributed by atoms with van der Waals surface area (Å²) in [5.41, 5.74) is 2.15. The molecule has 5 heteroatoms. The van der Waals surface area contributed by atoms with Crippen LogP contribution in [-0.2, 0) is 22.5 Å². The SMILES string of the molecule is O=C(CCCc1ncc(-c2ccccc2)o1)N(Cc1ccccc1)CC1CCCO1. The zero-order chi connectivity index (χ0) is 20.6. The second kappa shape index (κ2) is 10.2. The quantitative estimate of drug-likeness (QED) is 0.510. The van der Waals surface area contributed by atoms with E-state index in [4.69, 9.17) is 9.15 Å². The first-order valence-corrected chi connectivity index (χ1v) is 10.7. The van der Waals surface area contributed by atoms with Crippen LogP contribution in [0.15, 0.2) is 71.3 Å². The fourth-order valence-corrected chi connectivity index (χ4v) is 3.80. The first kappa shape index (κ1) is 20.4. The van der Waals surface area contributed by atoms with Crippen molar-refractivity contribution in [1.29, 1.82) is 0 Å². The normalized spacial score (nSPS) is 15.9. The van der Waals surface area contributed by atoms with Crippen LogP contribution in [0.2, 0.25) is 0 Å². The third-order valence-corrected chi connectivity index (χ3v) is 5.41. The van der Waals surface area contributed by atoms with Crippen molar-refractivity contribution in [2.75, 3.05) is 13.2 Å². The summed E-state index contributed by atoms with van der Waals surface area (Å²) in [4.78, 5) is 19.3. The van der Waals surface area contributed by atoms with Crippen molar-refractivity contribution < 1.29 is 13.9 Å². The number of aryl methyl sites for hydroxylation is 1. The molecule has 1 fully saturated rings. The number of nitrogens with zero attached hydrogens (tertiary/aromatic N) is 2. The minimum atomic E-state index is 0.151. The molecule has 0 radical (unpaired) electrons. The Morgan fingerprint density at radius 3 is 2.57 bits per heavy atom. The number of carbonyl (C=O) groups is 1. The molecule has 0 spiro atoms. The molecule has 0 saturated carbocycles. The molecule has 4 rings (SSSR count). The van der Waals surface area contributed by atoms with Gasteiger partial charge in [-0.05, 0) is 24.8 Å². The second-order valence-electron chi connectivity index (χ2n) is 7.73. The van der Waals surface area contributed by atoms with Crippen LogP contribution >= 0.6 is 0 Å². The third-order valence-electron chi connectivity index (χ3n) is 5.41. The van der Waals surface area contributed by atoms with Gasteiger partial charge in [0.1, 0.15) is 0 Å². The summed E-state index contributed by atoms with van der Waals surface area (Å²) in [7, 11) is 0. The average molecular weight is 405 g/mol. The van der Waals surface area contributed by atoms with Crippen molar-refractivity contribution in [1.82, 2.24) is 9.88 Å². The van der Waals surface area contributed by atoms with E-state index in [9.17, 15) is 4.79 Å². The van der Waals surface area contributed by atoms with E-state index in [1.807, 2.05) is 53.4 Å². The Morgan fingerprint density at radius 1 is 1.07 bits per heavy atom. The van der Waals surface area contributed by atoms with Crippen molar-refractivity contribution in [3.8, 4) is 11.3 Å². The number of benzene rings is 2. The number of hydrogen-bond donors (Lipinski definition) is 0. The molecule has 0 N–H and O–H groups in total. The van der Waals surface area contributed by atoms with Gasteiger partial charge >= 0.3 is 0 Å². The van der Waals surface area contributed by atoms with Crippen LogP contribution in [-0.4, -0.2) is 35.0 Å². The second-order valence-corrected chi connectivity index (χ2v) is 7.73. The summed E-state index contributed by atoms with van der Waals surface area (Å²) >= 11 is 0. The highest BCUT2D eigenvalue weighted by molar-refractivity contribution is 5.76. The molecule has 1 aliphatic rings. The summed E-state index contributed by atoms with van der Waals surface area (Å²) in [6, 6.07) is 20.1. The Hall–Kier alpha value is -2.92. The standard InChI is InChI=1S/C25H28N2O3/c28-25(15-7-14-24-26-17-23(30-24)21-11-5-2-6-12-21)27(19-22-13-8-16-29-22)18-20-9-3-1-4-10-20/h1-6,9-12,17,22H,7-8,13-16,18-19H2. The van der Waals surface area contributed by atoms with Crippen LogP contribution in [0.5, 0.6) is 0 Å². The van der Waals surface area contributed by atoms with E-state index in [2.05, 4.69) is 17.1 Å². The lowest BCUT2D eigenvalue weighted by Crippen LogP contribution is -2.36. The largest absolute Gasteiger partial charge is 0.441 e. The number of oxazole rings is 1. The van der Waals surface area contributed by atoms with Crippen LogP contribution < -0.4 is 0 Å². The Balaban J connectivity index is 1.32. The highest BCUT2D eigenvalue weighted by Gasteiger charge is 2.22. The number of aromatic nitrogens is 1. The van der Waals surface area contributed by atoms with Crippen LogP contribution in [0.1, 0.15) is 37.1 Å². The number of rotatable bonds is 9. The molecule has 5 nitrogen and oxygen atoms in total. The molecule has 1 atom stereocenters. The van der Waals surface area contributed by atoms with Crippen molar-refractivity contribution in [2.45, 2.75) is 44.8 Å². The van der Waals surface area contributed by atoms with Crippen LogP contribution in [0.4, 0.5) is 0 Å². The Labute approximate surface area is 177 Å². The first-order chi connectivity index (χ1) is 14.8. The summed E-state index contributed by atoms with van der Waals surface area (Å²) in [6.07, 6.45) is 5.84. The van der Waals surface area contributed by atoms with E-state index in [1.54, 1.807) is 6.20 Å². The fourth-order valence-electron chi connectivity index (χ4n) is 3.80. The van der Waals surface area contributed by atoms with Gasteiger partial charge in [-0.15, -0.1) is 0 Å². The number of hydrogen-bond acceptors (Lipinski definition) is 4.